The van der Waals surface area contributed by atoms with Crippen molar-refractivity contribution in [3.05, 3.63) is 84.2 Å². The van der Waals surface area contributed by atoms with Gasteiger partial charge in [-0.05, 0) is 55.0 Å². The molecule has 1 amide bonds. The Balaban J connectivity index is 1.83. The molecule has 1 N–H and O–H groups in total. The Kier molecular flexibility index (Phi) is 3.56. The highest BCUT2D eigenvalue weighted by molar-refractivity contribution is 6.04. The van der Waals surface area contributed by atoms with Gasteiger partial charge in [-0.25, -0.2) is 0 Å². The number of nitrogens with one attached hydrogen (secondary N) is 1. The van der Waals surface area contributed by atoms with Crippen molar-refractivity contribution >= 4 is 11.6 Å². The third-order valence-electron chi connectivity index (χ3n) is 3.29. The molecule has 104 valence electrons. The van der Waals surface area contributed by atoms with E-state index in [-0.39, 0.29) is 5.91 Å². The van der Waals surface area contributed by atoms with Gasteiger partial charge in [0.1, 0.15) is 0 Å². The first kappa shape index (κ1) is 13.2. The molecule has 0 fully saturated rings. The maximum atomic E-state index is 12.3. The van der Waals surface area contributed by atoms with Crippen molar-refractivity contribution in [1.29, 1.82) is 0 Å². The molecule has 3 heteroatoms. The molecule has 0 bridgehead atoms. The van der Waals surface area contributed by atoms with Crippen molar-refractivity contribution in [2.75, 3.05) is 5.32 Å². The maximum Gasteiger partial charge on any atom is 0.255 e. The molecule has 0 saturated heterocycles. The Bertz CT molecular complexity index is 760. The van der Waals surface area contributed by atoms with E-state index in [4.69, 9.17) is 0 Å². The summed E-state index contributed by atoms with van der Waals surface area (Å²) in [7, 11) is 0. The Morgan fingerprint density at radius 2 is 1.71 bits per heavy atom. The maximum absolute atomic E-state index is 12.3. The lowest BCUT2D eigenvalue weighted by Crippen LogP contribution is -2.12. The molecule has 0 atom stereocenters. The second kappa shape index (κ2) is 5.67. The van der Waals surface area contributed by atoms with E-state index in [0.29, 0.717) is 5.56 Å². The molecule has 1 heterocycles. The highest BCUT2D eigenvalue weighted by atomic mass is 16.1. The van der Waals surface area contributed by atoms with E-state index in [2.05, 4.69) is 5.32 Å². The summed E-state index contributed by atoms with van der Waals surface area (Å²) in [5.74, 6) is -0.102. The van der Waals surface area contributed by atoms with Crippen molar-refractivity contribution in [3.8, 4) is 5.69 Å². The number of rotatable bonds is 3. The normalized spacial score (nSPS) is 10.3. The molecule has 0 aliphatic carbocycles. The number of carbonyl (C=O) groups excluding carboxylic acids is 1. The topological polar surface area (TPSA) is 34.0 Å². The smallest absolute Gasteiger partial charge is 0.255 e. The van der Waals surface area contributed by atoms with Gasteiger partial charge in [-0.3, -0.25) is 4.79 Å². The third kappa shape index (κ3) is 3.03. The molecule has 3 nitrogen and oxygen atoms in total. The second-order valence-electron chi connectivity index (χ2n) is 4.96. The van der Waals surface area contributed by atoms with E-state index in [1.165, 1.54) is 0 Å². The van der Waals surface area contributed by atoms with Crippen LogP contribution in [0, 0.1) is 6.92 Å². The quantitative estimate of drug-likeness (QED) is 0.769. The van der Waals surface area contributed by atoms with Crippen molar-refractivity contribution < 1.29 is 4.79 Å². The standard InChI is InChI=1S/C18H16N2O/c1-14-6-4-8-16(12-14)19-18(21)15-7-5-9-17(13-15)20-10-2-3-11-20/h2-13H,1H3,(H,19,21). The molecule has 21 heavy (non-hydrogen) atoms. The SMILES string of the molecule is Cc1cccc(NC(=O)c2cccc(-n3cccc3)c2)c1. The zero-order valence-corrected chi connectivity index (χ0v) is 11.8. The van der Waals surface area contributed by atoms with E-state index in [1.54, 1.807) is 0 Å². The molecule has 3 rings (SSSR count). The van der Waals surface area contributed by atoms with Crippen LogP contribution in [0.3, 0.4) is 0 Å². The third-order valence-corrected chi connectivity index (χ3v) is 3.29. The van der Waals surface area contributed by atoms with Crippen LogP contribution in [0.5, 0.6) is 0 Å². The Morgan fingerprint density at radius 3 is 2.48 bits per heavy atom. The van der Waals surface area contributed by atoms with E-state index >= 15 is 0 Å². The van der Waals surface area contributed by atoms with E-state index in [9.17, 15) is 4.79 Å². The Labute approximate surface area is 123 Å². The fraction of sp³-hybridized carbons (Fsp3) is 0.0556. The summed E-state index contributed by atoms with van der Waals surface area (Å²) in [5.41, 5.74) is 3.54. The van der Waals surface area contributed by atoms with Gasteiger partial charge in [0.25, 0.3) is 5.91 Å². The first-order valence-corrected chi connectivity index (χ1v) is 6.84. The molecule has 1 aromatic heterocycles. The van der Waals surface area contributed by atoms with Crippen LogP contribution in [-0.2, 0) is 0 Å². The fourth-order valence-electron chi connectivity index (χ4n) is 2.24. The van der Waals surface area contributed by atoms with Crippen LogP contribution < -0.4 is 5.32 Å². The molecule has 0 radical (unpaired) electrons. The van der Waals surface area contributed by atoms with Gasteiger partial charge in [0.05, 0.1) is 0 Å². The molecule has 0 aliphatic rings. The Hall–Kier alpha value is -2.81. The molecule has 2 aromatic carbocycles. The van der Waals surface area contributed by atoms with E-state index < -0.39 is 0 Å². The zero-order chi connectivity index (χ0) is 14.7. The minimum absolute atomic E-state index is 0.102. The number of hydrogen-bond donors (Lipinski definition) is 1. The average molecular weight is 276 g/mol. The van der Waals surface area contributed by atoms with Gasteiger partial charge in [-0.1, -0.05) is 18.2 Å². The molecule has 0 unspecified atom stereocenters. The number of anilines is 1. The monoisotopic (exact) mass is 276 g/mol. The van der Waals surface area contributed by atoms with Crippen LogP contribution in [0.25, 0.3) is 5.69 Å². The molecule has 0 spiro atoms. The summed E-state index contributed by atoms with van der Waals surface area (Å²) in [5, 5.41) is 2.92. The average Bonchev–Trinajstić information content (AvgIpc) is 3.02. The van der Waals surface area contributed by atoms with Crippen molar-refractivity contribution in [2.45, 2.75) is 6.92 Å². The minimum Gasteiger partial charge on any atom is -0.324 e. The van der Waals surface area contributed by atoms with Crippen LogP contribution in [-0.4, -0.2) is 10.5 Å². The van der Waals surface area contributed by atoms with Crippen LogP contribution in [0.15, 0.2) is 73.1 Å². The van der Waals surface area contributed by atoms with E-state index in [1.807, 2.05) is 84.5 Å². The number of carbonyl (C=O) groups is 1. The van der Waals surface area contributed by atoms with Gasteiger partial charge in [-0.2, -0.15) is 0 Å². The van der Waals surface area contributed by atoms with Gasteiger partial charge in [-0.15, -0.1) is 0 Å². The van der Waals surface area contributed by atoms with Crippen molar-refractivity contribution in [3.63, 3.8) is 0 Å². The highest BCUT2D eigenvalue weighted by Gasteiger charge is 2.07. The molecular formula is C18H16N2O. The number of aryl methyl sites for hydroxylation is 1. The van der Waals surface area contributed by atoms with Gasteiger partial charge in [0, 0.05) is 29.3 Å². The second-order valence-corrected chi connectivity index (χ2v) is 4.96. The summed E-state index contributed by atoms with van der Waals surface area (Å²) in [6, 6.07) is 19.3. The van der Waals surface area contributed by atoms with Gasteiger partial charge >= 0.3 is 0 Å². The van der Waals surface area contributed by atoms with Crippen molar-refractivity contribution in [1.82, 2.24) is 4.57 Å². The van der Waals surface area contributed by atoms with Crippen LogP contribution in [0.4, 0.5) is 5.69 Å². The van der Waals surface area contributed by atoms with Gasteiger partial charge in [0.2, 0.25) is 0 Å². The lowest BCUT2D eigenvalue weighted by molar-refractivity contribution is 0.102. The summed E-state index contributed by atoms with van der Waals surface area (Å²) in [4.78, 5) is 12.3. The summed E-state index contributed by atoms with van der Waals surface area (Å²) < 4.78 is 1.98. The molecule has 3 aromatic rings. The molecule has 0 saturated carbocycles. The number of amides is 1. The molecule has 0 aliphatic heterocycles. The number of aromatic nitrogens is 1. The van der Waals surface area contributed by atoms with Crippen LogP contribution >= 0.6 is 0 Å². The Morgan fingerprint density at radius 1 is 0.952 bits per heavy atom. The first-order chi connectivity index (χ1) is 10.2. The highest BCUT2D eigenvalue weighted by Crippen LogP contribution is 2.14. The summed E-state index contributed by atoms with van der Waals surface area (Å²) in [6.07, 6.45) is 3.91. The predicted molar refractivity (Wildman–Crippen MR) is 84.9 cm³/mol. The number of hydrogen-bond acceptors (Lipinski definition) is 1. The number of nitrogens with zero attached hydrogens (tertiary/aromatic N) is 1. The van der Waals surface area contributed by atoms with E-state index in [0.717, 1.165) is 16.9 Å². The lowest BCUT2D eigenvalue weighted by Gasteiger charge is -2.08. The van der Waals surface area contributed by atoms with Crippen molar-refractivity contribution in [2.24, 2.45) is 0 Å². The predicted octanol–water partition coefficient (Wildman–Crippen LogP) is 4.04. The lowest BCUT2D eigenvalue weighted by atomic mass is 10.1. The summed E-state index contributed by atoms with van der Waals surface area (Å²) in [6.45, 7) is 2.00. The first-order valence-electron chi connectivity index (χ1n) is 6.84. The largest absolute Gasteiger partial charge is 0.324 e. The number of benzene rings is 2. The van der Waals surface area contributed by atoms with Crippen LogP contribution in [0.2, 0.25) is 0 Å². The zero-order valence-electron chi connectivity index (χ0n) is 11.8. The van der Waals surface area contributed by atoms with Gasteiger partial charge in [0.15, 0.2) is 0 Å². The fourth-order valence-corrected chi connectivity index (χ4v) is 2.24. The minimum atomic E-state index is -0.102. The summed E-state index contributed by atoms with van der Waals surface area (Å²) >= 11 is 0. The molecular weight excluding hydrogens is 260 g/mol. The van der Waals surface area contributed by atoms with Crippen LogP contribution in [0.1, 0.15) is 15.9 Å². The van der Waals surface area contributed by atoms with Gasteiger partial charge < -0.3 is 9.88 Å².